The molecule has 3 atom stereocenters. The average Bonchev–Trinajstić information content (AvgIpc) is 2.85. The highest BCUT2D eigenvalue weighted by atomic mass is 16.7. The Morgan fingerprint density at radius 3 is 2.20 bits per heavy atom. The van der Waals surface area contributed by atoms with Crippen molar-refractivity contribution in [2.24, 2.45) is 5.92 Å². The first-order valence-corrected chi connectivity index (χ1v) is 6.82. The molecule has 0 radical (unpaired) electrons. The van der Waals surface area contributed by atoms with E-state index in [1.165, 1.54) is 0 Å². The van der Waals surface area contributed by atoms with Gasteiger partial charge in [-0.05, 0) is 24.6 Å². The molecule has 0 saturated carbocycles. The lowest BCUT2D eigenvalue weighted by molar-refractivity contribution is -0.112. The number of anilines is 1. The molecule has 3 heteroatoms. The summed E-state index contributed by atoms with van der Waals surface area (Å²) in [5.74, 6) is -0.169. The van der Waals surface area contributed by atoms with E-state index in [-0.39, 0.29) is 18.1 Å². The van der Waals surface area contributed by atoms with Crippen molar-refractivity contribution in [3.63, 3.8) is 0 Å². The number of carbonyl (C=O) groups is 1. The van der Waals surface area contributed by atoms with Crippen LogP contribution in [-0.2, 0) is 9.63 Å². The molecule has 1 fully saturated rings. The molecule has 0 amide bonds. The maximum Gasteiger partial charge on any atom is 0.128 e. The van der Waals surface area contributed by atoms with Crippen molar-refractivity contribution in [1.82, 2.24) is 0 Å². The second kappa shape index (κ2) is 5.47. The second-order valence-electron chi connectivity index (χ2n) is 5.04. The Hall–Kier alpha value is -2.13. The van der Waals surface area contributed by atoms with Crippen molar-refractivity contribution in [3.05, 3.63) is 66.2 Å². The fourth-order valence-electron chi connectivity index (χ4n) is 2.72. The first-order valence-electron chi connectivity index (χ1n) is 6.82. The highest BCUT2D eigenvalue weighted by Crippen LogP contribution is 2.41. The van der Waals surface area contributed by atoms with Crippen molar-refractivity contribution in [2.75, 3.05) is 5.06 Å². The molecule has 20 heavy (non-hydrogen) atoms. The van der Waals surface area contributed by atoms with Crippen LogP contribution in [0.15, 0.2) is 60.7 Å². The molecule has 0 spiro atoms. The molecule has 0 aliphatic carbocycles. The molecule has 0 N–H and O–H groups in total. The van der Waals surface area contributed by atoms with Gasteiger partial charge in [-0.25, -0.2) is 5.06 Å². The lowest BCUT2D eigenvalue weighted by Gasteiger charge is -2.26. The molecule has 2 aromatic carbocycles. The number of aldehydes is 1. The molecule has 0 aromatic heterocycles. The Kier molecular flexibility index (Phi) is 3.52. The van der Waals surface area contributed by atoms with Gasteiger partial charge in [-0.2, -0.15) is 0 Å². The van der Waals surface area contributed by atoms with Crippen LogP contribution in [0.2, 0.25) is 0 Å². The van der Waals surface area contributed by atoms with Gasteiger partial charge in [0.2, 0.25) is 0 Å². The Balaban J connectivity index is 2.03. The fourth-order valence-corrected chi connectivity index (χ4v) is 2.72. The van der Waals surface area contributed by atoms with Gasteiger partial charge in [0.25, 0.3) is 0 Å². The predicted octanol–water partition coefficient (Wildman–Crippen LogP) is 3.38. The monoisotopic (exact) mass is 267 g/mol. The summed E-state index contributed by atoms with van der Waals surface area (Å²) in [6, 6.07) is 19.9. The average molecular weight is 267 g/mol. The van der Waals surface area contributed by atoms with Gasteiger partial charge in [0.1, 0.15) is 6.29 Å². The van der Waals surface area contributed by atoms with Crippen LogP contribution in [0.5, 0.6) is 0 Å². The van der Waals surface area contributed by atoms with E-state index in [1.807, 2.05) is 72.7 Å². The summed E-state index contributed by atoms with van der Waals surface area (Å²) in [7, 11) is 0. The first kappa shape index (κ1) is 12.9. The van der Waals surface area contributed by atoms with Crippen molar-refractivity contribution in [2.45, 2.75) is 19.1 Å². The Morgan fingerprint density at radius 2 is 1.60 bits per heavy atom. The number of carbonyl (C=O) groups excluding carboxylic acids is 1. The Bertz CT molecular complexity index is 570. The van der Waals surface area contributed by atoms with Crippen LogP contribution in [0.3, 0.4) is 0 Å². The van der Waals surface area contributed by atoms with Crippen molar-refractivity contribution < 1.29 is 9.63 Å². The molecule has 1 aliphatic heterocycles. The third kappa shape index (κ3) is 2.21. The lowest BCUT2D eigenvalue weighted by atomic mass is 9.91. The minimum absolute atomic E-state index is 0.0777. The van der Waals surface area contributed by atoms with E-state index in [0.717, 1.165) is 17.5 Å². The summed E-state index contributed by atoms with van der Waals surface area (Å²) in [4.78, 5) is 17.4. The third-order valence-corrected chi connectivity index (χ3v) is 3.75. The smallest absolute Gasteiger partial charge is 0.128 e. The van der Waals surface area contributed by atoms with E-state index >= 15 is 0 Å². The number of hydroxylamine groups is 1. The van der Waals surface area contributed by atoms with Gasteiger partial charge in [0, 0.05) is 0 Å². The van der Waals surface area contributed by atoms with Gasteiger partial charge < -0.3 is 4.79 Å². The van der Waals surface area contributed by atoms with Crippen molar-refractivity contribution in [3.8, 4) is 0 Å². The second-order valence-corrected chi connectivity index (χ2v) is 5.04. The minimum Gasteiger partial charge on any atom is -0.303 e. The van der Waals surface area contributed by atoms with Gasteiger partial charge in [-0.15, -0.1) is 0 Å². The normalized spacial score (nSPS) is 25.6. The van der Waals surface area contributed by atoms with Crippen LogP contribution in [0.25, 0.3) is 0 Å². The quantitative estimate of drug-likeness (QED) is 0.798. The number of hydrogen-bond acceptors (Lipinski definition) is 3. The zero-order chi connectivity index (χ0) is 13.9. The summed E-state index contributed by atoms with van der Waals surface area (Å²) < 4.78 is 0. The van der Waals surface area contributed by atoms with Gasteiger partial charge >= 0.3 is 0 Å². The largest absolute Gasteiger partial charge is 0.303 e. The van der Waals surface area contributed by atoms with Crippen LogP contribution < -0.4 is 5.06 Å². The SMILES string of the molecule is CC1ON(c2ccccc2)C(c2ccccc2)C1C=O. The zero-order valence-corrected chi connectivity index (χ0v) is 11.3. The molecule has 3 nitrogen and oxygen atoms in total. The van der Waals surface area contributed by atoms with Crippen molar-refractivity contribution in [1.29, 1.82) is 0 Å². The first-order chi connectivity index (χ1) is 9.81. The summed E-state index contributed by atoms with van der Waals surface area (Å²) in [6.07, 6.45) is 0.878. The minimum atomic E-state index is -0.169. The van der Waals surface area contributed by atoms with E-state index in [4.69, 9.17) is 4.84 Å². The predicted molar refractivity (Wildman–Crippen MR) is 78.2 cm³/mol. The molecule has 1 heterocycles. The topological polar surface area (TPSA) is 29.5 Å². The summed E-state index contributed by atoms with van der Waals surface area (Å²) >= 11 is 0. The fraction of sp³-hybridized carbons (Fsp3) is 0.235. The number of nitrogens with zero attached hydrogens (tertiary/aromatic N) is 1. The molecule has 102 valence electrons. The number of benzene rings is 2. The van der Waals surface area contributed by atoms with E-state index in [2.05, 4.69) is 0 Å². The van der Waals surface area contributed by atoms with Crippen LogP contribution in [-0.4, -0.2) is 12.4 Å². The Labute approximate surface area is 118 Å². The van der Waals surface area contributed by atoms with Gasteiger partial charge in [-0.1, -0.05) is 48.5 Å². The van der Waals surface area contributed by atoms with E-state index < -0.39 is 0 Å². The molecular formula is C17H17NO2. The highest BCUT2D eigenvalue weighted by Gasteiger charge is 2.42. The van der Waals surface area contributed by atoms with Crippen molar-refractivity contribution >= 4 is 12.0 Å². The maximum atomic E-state index is 11.5. The number of hydrogen-bond donors (Lipinski definition) is 0. The molecule has 2 aromatic rings. The van der Waals surface area contributed by atoms with E-state index in [9.17, 15) is 4.79 Å². The molecule has 0 bridgehead atoms. The molecular weight excluding hydrogens is 250 g/mol. The van der Waals surface area contributed by atoms with Gasteiger partial charge in [0.05, 0.1) is 23.8 Å². The molecule has 3 unspecified atom stereocenters. The molecule has 3 rings (SSSR count). The zero-order valence-electron chi connectivity index (χ0n) is 11.3. The van der Waals surface area contributed by atoms with Crippen LogP contribution in [0, 0.1) is 5.92 Å². The maximum absolute atomic E-state index is 11.5. The summed E-state index contributed by atoms with van der Waals surface area (Å²) in [6.45, 7) is 1.94. The summed E-state index contributed by atoms with van der Waals surface area (Å²) in [5.41, 5.74) is 2.07. The highest BCUT2D eigenvalue weighted by molar-refractivity contribution is 5.61. The molecule has 1 saturated heterocycles. The standard InChI is InChI=1S/C17H17NO2/c1-13-16(12-19)17(14-8-4-2-5-9-14)18(20-13)15-10-6-3-7-11-15/h2-13,16-17H,1H3. The van der Waals surface area contributed by atoms with Gasteiger partial charge in [0.15, 0.2) is 0 Å². The van der Waals surface area contributed by atoms with Crippen LogP contribution in [0.1, 0.15) is 18.5 Å². The summed E-state index contributed by atoms with van der Waals surface area (Å²) in [5, 5.41) is 1.86. The van der Waals surface area contributed by atoms with E-state index in [1.54, 1.807) is 0 Å². The van der Waals surface area contributed by atoms with Gasteiger partial charge in [-0.3, -0.25) is 4.84 Å². The number of para-hydroxylation sites is 1. The third-order valence-electron chi connectivity index (χ3n) is 3.75. The molecule has 1 aliphatic rings. The van der Waals surface area contributed by atoms with Crippen LogP contribution in [0.4, 0.5) is 5.69 Å². The lowest BCUT2D eigenvalue weighted by Crippen LogP contribution is -2.24. The Morgan fingerprint density at radius 1 is 1.00 bits per heavy atom. The van der Waals surface area contributed by atoms with Crippen LogP contribution >= 0.6 is 0 Å². The number of rotatable bonds is 3. The van der Waals surface area contributed by atoms with E-state index in [0.29, 0.717) is 0 Å².